The fourth-order valence-corrected chi connectivity index (χ4v) is 4.29. The van der Waals surface area contributed by atoms with Crippen LogP contribution in [0.15, 0.2) is 36.7 Å². The zero-order valence-corrected chi connectivity index (χ0v) is 14.3. The molecule has 126 valence electrons. The van der Waals surface area contributed by atoms with E-state index in [0.29, 0.717) is 25.8 Å². The molecule has 3 rings (SSSR count). The molecule has 3 heterocycles. The maximum Gasteiger partial charge on any atom is 0.308 e. The predicted molar refractivity (Wildman–Crippen MR) is 91.8 cm³/mol. The molecule has 1 fully saturated rings. The summed E-state index contributed by atoms with van der Waals surface area (Å²) in [6, 6.07) is 7.40. The number of thiophene rings is 1. The minimum Gasteiger partial charge on any atom is -0.481 e. The number of carbonyl (C=O) groups is 2. The van der Waals surface area contributed by atoms with E-state index >= 15 is 0 Å². The molecule has 0 unspecified atom stereocenters. The van der Waals surface area contributed by atoms with Gasteiger partial charge in [0.25, 0.3) is 0 Å². The third-order valence-electron chi connectivity index (χ3n) is 4.44. The van der Waals surface area contributed by atoms with Gasteiger partial charge in [-0.3, -0.25) is 14.6 Å². The number of nitrogens with zero attached hydrogens (tertiary/aromatic N) is 2. The Bertz CT molecular complexity index is 729. The normalized spacial score (nSPS) is 21.0. The maximum atomic E-state index is 12.5. The van der Waals surface area contributed by atoms with Crippen LogP contribution in [-0.4, -0.2) is 33.4 Å². The van der Waals surface area contributed by atoms with Crippen LogP contribution in [0.25, 0.3) is 0 Å². The van der Waals surface area contributed by atoms with Gasteiger partial charge in [0.05, 0.1) is 12.0 Å². The molecule has 0 aliphatic carbocycles. The van der Waals surface area contributed by atoms with Crippen molar-refractivity contribution in [3.8, 4) is 0 Å². The molecule has 0 aromatic carbocycles. The lowest BCUT2D eigenvalue weighted by atomic mass is 9.87. The van der Waals surface area contributed by atoms with Gasteiger partial charge in [-0.05, 0) is 43.5 Å². The summed E-state index contributed by atoms with van der Waals surface area (Å²) in [4.78, 5) is 32.2. The molecule has 1 amide bonds. The quantitative estimate of drug-likeness (QED) is 0.905. The van der Waals surface area contributed by atoms with Crippen molar-refractivity contribution in [1.82, 2.24) is 9.88 Å². The van der Waals surface area contributed by atoms with E-state index in [0.717, 1.165) is 15.3 Å². The lowest BCUT2D eigenvalue weighted by molar-refractivity contribution is -0.151. The summed E-state index contributed by atoms with van der Waals surface area (Å²) in [7, 11) is 0. The topological polar surface area (TPSA) is 70.5 Å². The molecule has 0 bridgehead atoms. The molecule has 2 aromatic rings. The maximum absolute atomic E-state index is 12.5. The fraction of sp³-hybridized carbons (Fsp3) is 0.389. The Kier molecular flexibility index (Phi) is 4.94. The van der Waals surface area contributed by atoms with Gasteiger partial charge in [0, 0.05) is 35.1 Å². The van der Waals surface area contributed by atoms with Gasteiger partial charge in [-0.25, -0.2) is 0 Å². The van der Waals surface area contributed by atoms with Crippen molar-refractivity contribution in [1.29, 1.82) is 0 Å². The zero-order valence-electron chi connectivity index (χ0n) is 13.5. The summed E-state index contributed by atoms with van der Waals surface area (Å²) in [5.74, 6) is -1.34. The largest absolute Gasteiger partial charge is 0.481 e. The summed E-state index contributed by atoms with van der Waals surface area (Å²) in [6.07, 6.45) is 4.87. The Morgan fingerprint density at radius 2 is 2.25 bits per heavy atom. The van der Waals surface area contributed by atoms with Crippen molar-refractivity contribution in [2.75, 3.05) is 6.54 Å². The Morgan fingerprint density at radius 1 is 1.42 bits per heavy atom. The predicted octanol–water partition coefficient (Wildman–Crippen LogP) is 3.06. The first-order valence-electron chi connectivity index (χ1n) is 8.04. The number of carboxylic acids is 1. The third-order valence-corrected chi connectivity index (χ3v) is 5.51. The fourth-order valence-electron chi connectivity index (χ4n) is 3.23. The highest BCUT2D eigenvalue weighted by Crippen LogP contribution is 2.39. The van der Waals surface area contributed by atoms with Crippen molar-refractivity contribution in [3.63, 3.8) is 0 Å². The first-order valence-corrected chi connectivity index (χ1v) is 8.85. The molecule has 2 atom stereocenters. The number of hydrogen-bond acceptors (Lipinski definition) is 4. The summed E-state index contributed by atoms with van der Waals surface area (Å²) >= 11 is 1.57. The van der Waals surface area contributed by atoms with Crippen molar-refractivity contribution < 1.29 is 14.7 Å². The molecule has 1 aliphatic rings. The molecular weight excluding hydrogens is 324 g/mol. The Hall–Kier alpha value is -2.21. The summed E-state index contributed by atoms with van der Waals surface area (Å²) < 4.78 is 0. The number of hydrogen-bond donors (Lipinski definition) is 1. The average molecular weight is 344 g/mol. The van der Waals surface area contributed by atoms with Crippen LogP contribution < -0.4 is 0 Å². The average Bonchev–Trinajstić information content (AvgIpc) is 3.00. The number of aromatic nitrogens is 1. The van der Waals surface area contributed by atoms with Crippen molar-refractivity contribution >= 4 is 23.2 Å². The van der Waals surface area contributed by atoms with Crippen LogP contribution in [0.4, 0.5) is 0 Å². The van der Waals surface area contributed by atoms with E-state index in [2.05, 4.69) is 4.98 Å². The van der Waals surface area contributed by atoms with Gasteiger partial charge in [0.2, 0.25) is 5.91 Å². The highest BCUT2D eigenvalue weighted by molar-refractivity contribution is 7.12. The standard InChI is InChI=1S/C18H20N2O3S/c1-12-4-6-15(24-12)17-14(18(22)23)5-7-16(21)20(17)10-8-13-3-2-9-19-11-13/h2-4,6,9,11,14,17H,5,7-8,10H2,1H3,(H,22,23)/t14-,17-/m1/s1. The number of likely N-dealkylation sites (tertiary alicyclic amines) is 1. The van der Waals surface area contributed by atoms with Crippen LogP contribution in [0.3, 0.4) is 0 Å². The Morgan fingerprint density at radius 3 is 2.88 bits per heavy atom. The number of piperidine rings is 1. The first-order chi connectivity index (χ1) is 11.6. The molecule has 5 nitrogen and oxygen atoms in total. The van der Waals surface area contributed by atoms with Gasteiger partial charge in [0.1, 0.15) is 0 Å². The molecule has 1 saturated heterocycles. The minimum atomic E-state index is -0.829. The van der Waals surface area contributed by atoms with Gasteiger partial charge >= 0.3 is 5.97 Å². The molecule has 1 aliphatic heterocycles. The minimum absolute atomic E-state index is 0.0347. The van der Waals surface area contributed by atoms with Crippen LogP contribution in [0.2, 0.25) is 0 Å². The lowest BCUT2D eigenvalue weighted by Crippen LogP contribution is -2.45. The van der Waals surface area contributed by atoms with E-state index in [4.69, 9.17) is 0 Å². The Balaban J connectivity index is 1.86. The molecule has 0 spiro atoms. The highest BCUT2D eigenvalue weighted by atomic mass is 32.1. The number of carboxylic acid groups (broad SMARTS) is 1. The van der Waals surface area contributed by atoms with E-state index < -0.39 is 11.9 Å². The van der Waals surface area contributed by atoms with E-state index in [1.165, 1.54) is 0 Å². The molecule has 2 aromatic heterocycles. The van der Waals surface area contributed by atoms with Gasteiger partial charge < -0.3 is 10.0 Å². The van der Waals surface area contributed by atoms with Gasteiger partial charge in [-0.2, -0.15) is 0 Å². The van der Waals surface area contributed by atoms with E-state index in [-0.39, 0.29) is 11.9 Å². The second kappa shape index (κ2) is 7.13. The van der Waals surface area contributed by atoms with Crippen LogP contribution in [0.5, 0.6) is 0 Å². The number of aryl methyl sites for hydroxylation is 1. The van der Waals surface area contributed by atoms with Crippen LogP contribution >= 0.6 is 11.3 Å². The van der Waals surface area contributed by atoms with Crippen molar-refractivity contribution in [2.45, 2.75) is 32.2 Å². The number of rotatable bonds is 5. The van der Waals surface area contributed by atoms with Crippen molar-refractivity contribution in [3.05, 3.63) is 52.0 Å². The highest BCUT2D eigenvalue weighted by Gasteiger charge is 2.41. The number of carbonyl (C=O) groups excluding carboxylic acids is 1. The van der Waals surface area contributed by atoms with E-state index in [1.807, 2.05) is 31.2 Å². The van der Waals surface area contributed by atoms with Gasteiger partial charge in [-0.1, -0.05) is 6.07 Å². The van der Waals surface area contributed by atoms with Gasteiger partial charge in [0.15, 0.2) is 0 Å². The summed E-state index contributed by atoms with van der Waals surface area (Å²) in [5.41, 5.74) is 1.05. The zero-order chi connectivity index (χ0) is 17.1. The Labute approximate surface area is 145 Å². The molecule has 0 saturated carbocycles. The first kappa shape index (κ1) is 16.6. The molecule has 6 heteroatoms. The van der Waals surface area contributed by atoms with Crippen LogP contribution in [0, 0.1) is 12.8 Å². The van der Waals surface area contributed by atoms with Crippen molar-refractivity contribution in [2.24, 2.45) is 5.92 Å². The number of pyridine rings is 1. The second-order valence-electron chi connectivity index (χ2n) is 6.08. The molecule has 24 heavy (non-hydrogen) atoms. The summed E-state index contributed by atoms with van der Waals surface area (Å²) in [5, 5.41) is 9.62. The molecule has 0 radical (unpaired) electrons. The molecule has 1 N–H and O–H groups in total. The monoisotopic (exact) mass is 344 g/mol. The SMILES string of the molecule is Cc1ccc([C@H]2[C@H](C(=O)O)CCC(=O)N2CCc2cccnc2)s1. The number of amides is 1. The van der Waals surface area contributed by atoms with E-state index in [9.17, 15) is 14.7 Å². The van der Waals surface area contributed by atoms with Crippen LogP contribution in [-0.2, 0) is 16.0 Å². The molecular formula is C18H20N2O3S. The smallest absolute Gasteiger partial charge is 0.308 e. The summed E-state index contributed by atoms with van der Waals surface area (Å²) in [6.45, 7) is 2.50. The van der Waals surface area contributed by atoms with E-state index in [1.54, 1.807) is 28.6 Å². The van der Waals surface area contributed by atoms with Crippen LogP contribution in [0.1, 0.15) is 34.2 Å². The lowest BCUT2D eigenvalue weighted by Gasteiger charge is -2.39. The third kappa shape index (κ3) is 3.48. The number of aliphatic carboxylic acids is 1. The second-order valence-corrected chi connectivity index (χ2v) is 7.39. The van der Waals surface area contributed by atoms with Gasteiger partial charge in [-0.15, -0.1) is 11.3 Å².